The lowest BCUT2D eigenvalue weighted by Gasteiger charge is -2.03. The van der Waals surface area contributed by atoms with Crippen molar-refractivity contribution in [3.05, 3.63) is 0 Å². The molecule has 1 aliphatic carbocycles. The van der Waals surface area contributed by atoms with Gasteiger partial charge in [-0.15, -0.1) is 0 Å². The van der Waals surface area contributed by atoms with Gasteiger partial charge in [-0.05, 0) is 12.8 Å². The number of methoxy groups -OCH3 is 2. The molecule has 0 bridgehead atoms. The van der Waals surface area contributed by atoms with E-state index in [4.69, 9.17) is 18.9 Å². The van der Waals surface area contributed by atoms with Crippen LogP contribution >= 0.6 is 0 Å². The Labute approximate surface area is 88.3 Å². The van der Waals surface area contributed by atoms with Gasteiger partial charge in [-0.2, -0.15) is 0 Å². The van der Waals surface area contributed by atoms with E-state index in [-0.39, 0.29) is 5.91 Å². The van der Waals surface area contributed by atoms with Gasteiger partial charge in [0.2, 0.25) is 0 Å². The molecule has 2 aliphatic rings. The second-order valence-corrected chi connectivity index (χ2v) is 4.47. The molecule has 0 radical (unpaired) electrons. The zero-order valence-corrected chi connectivity index (χ0v) is 11.2. The molecule has 4 nitrogen and oxygen atoms in total. The summed E-state index contributed by atoms with van der Waals surface area (Å²) in [6, 6.07) is 0. The van der Waals surface area contributed by atoms with Gasteiger partial charge in [0.1, 0.15) is 12.0 Å². The van der Waals surface area contributed by atoms with E-state index in [9.17, 15) is 0 Å². The molecule has 1 unspecified atom stereocenters. The van der Waals surface area contributed by atoms with Crippen molar-refractivity contribution in [1.29, 1.82) is 0 Å². The largest absolute Gasteiger partial charge is 0.375 e. The van der Waals surface area contributed by atoms with Crippen LogP contribution in [0, 0.1) is 0 Å². The Kier molecular flexibility index (Phi) is 5.65. The third-order valence-electron chi connectivity index (χ3n) is 2.11. The zero-order valence-electron chi connectivity index (χ0n) is 9.19. The Bertz CT molecular complexity index is 132. The van der Waals surface area contributed by atoms with Crippen molar-refractivity contribution in [1.82, 2.24) is 0 Å². The lowest BCUT2D eigenvalue weighted by atomic mass is 10.5. The van der Waals surface area contributed by atoms with Crippen LogP contribution in [0.3, 0.4) is 0 Å². The fraction of sp³-hybridized carbons (Fsp3) is 1.00. The van der Waals surface area contributed by atoms with Crippen LogP contribution in [0.2, 0.25) is 0 Å². The molecule has 2 fully saturated rings. The highest BCUT2D eigenvalue weighted by atomic mass is 28.1. The molecule has 0 aromatic rings. The van der Waals surface area contributed by atoms with Crippen molar-refractivity contribution in [2.45, 2.75) is 31.0 Å². The minimum Gasteiger partial charge on any atom is -0.375 e. The fourth-order valence-electron chi connectivity index (χ4n) is 0.739. The molecule has 1 saturated heterocycles. The molecule has 0 amide bonds. The number of rotatable bonds is 5. The summed E-state index contributed by atoms with van der Waals surface area (Å²) >= 11 is 0. The van der Waals surface area contributed by atoms with E-state index in [0.29, 0.717) is 12.2 Å². The number of ether oxygens (including phenoxy) is 4. The molecule has 0 aromatic carbocycles. The second-order valence-electron chi connectivity index (χ2n) is 3.53. The van der Waals surface area contributed by atoms with Crippen LogP contribution in [0.25, 0.3) is 0 Å². The summed E-state index contributed by atoms with van der Waals surface area (Å²) in [6.45, 7) is 1.76. The highest BCUT2D eigenvalue weighted by Crippen LogP contribution is 2.24. The minimum atomic E-state index is 0.0741. The van der Waals surface area contributed by atoms with E-state index in [1.807, 2.05) is 0 Å². The third-order valence-corrected chi connectivity index (χ3v) is 3.05. The van der Waals surface area contributed by atoms with Crippen LogP contribution in [-0.2, 0) is 18.9 Å². The highest BCUT2D eigenvalue weighted by molar-refractivity contribution is 6.09. The summed E-state index contributed by atoms with van der Waals surface area (Å²) in [5, 5.41) is 0. The molecule has 1 atom stereocenters. The molecular formula is C9H20O4Si. The van der Waals surface area contributed by atoms with Crippen molar-refractivity contribution in [3.63, 3.8) is 0 Å². The zero-order chi connectivity index (χ0) is 10.4. The predicted octanol–water partition coefficient (Wildman–Crippen LogP) is -0.508. The average molecular weight is 220 g/mol. The minimum absolute atomic E-state index is 0.0741. The first-order valence-electron chi connectivity index (χ1n) is 5.05. The van der Waals surface area contributed by atoms with Crippen molar-refractivity contribution in [2.75, 3.05) is 27.4 Å². The lowest BCUT2D eigenvalue weighted by molar-refractivity contribution is -0.0411. The number of hydrogen-bond acceptors (Lipinski definition) is 4. The first-order chi connectivity index (χ1) is 6.76. The maximum Gasteiger partial charge on any atom is 0.130 e. The Hall–Kier alpha value is 0.0569. The number of hydrogen-bond donors (Lipinski definition) is 0. The van der Waals surface area contributed by atoms with Crippen molar-refractivity contribution < 1.29 is 18.9 Å². The molecule has 1 heterocycles. The van der Waals surface area contributed by atoms with E-state index < -0.39 is 0 Å². The average Bonchev–Trinajstić information content (AvgIpc) is 3.05. The van der Waals surface area contributed by atoms with Gasteiger partial charge >= 0.3 is 0 Å². The normalized spacial score (nSPS) is 24.6. The van der Waals surface area contributed by atoms with Crippen LogP contribution in [0.5, 0.6) is 0 Å². The van der Waals surface area contributed by atoms with E-state index >= 15 is 0 Å². The van der Waals surface area contributed by atoms with Crippen molar-refractivity contribution in [2.24, 2.45) is 0 Å². The van der Waals surface area contributed by atoms with Crippen LogP contribution < -0.4 is 0 Å². The van der Waals surface area contributed by atoms with Crippen molar-refractivity contribution >= 4 is 10.2 Å². The van der Waals surface area contributed by atoms with Gasteiger partial charge < -0.3 is 18.9 Å². The molecular weight excluding hydrogens is 200 g/mol. The Morgan fingerprint density at radius 1 is 1.36 bits per heavy atom. The first kappa shape index (κ1) is 12.1. The molecule has 5 heteroatoms. The summed E-state index contributed by atoms with van der Waals surface area (Å²) < 4.78 is 19.8. The molecule has 2 rings (SSSR count). The van der Waals surface area contributed by atoms with Gasteiger partial charge in [0, 0.05) is 14.2 Å². The summed E-state index contributed by atoms with van der Waals surface area (Å²) in [5.74, 6) is 0.0741. The lowest BCUT2D eigenvalue weighted by Crippen LogP contribution is -2.11. The van der Waals surface area contributed by atoms with Gasteiger partial charge in [0.15, 0.2) is 0 Å². The van der Waals surface area contributed by atoms with Gasteiger partial charge in [0.25, 0.3) is 0 Å². The van der Waals surface area contributed by atoms with Gasteiger partial charge in [-0.25, -0.2) is 0 Å². The summed E-state index contributed by atoms with van der Waals surface area (Å²) in [4.78, 5) is 0. The molecule has 0 N–H and O–H groups in total. The smallest absolute Gasteiger partial charge is 0.130 e. The van der Waals surface area contributed by atoms with E-state index in [1.54, 1.807) is 14.2 Å². The topological polar surface area (TPSA) is 40.2 Å². The molecule has 0 aromatic heterocycles. The molecule has 84 valence electrons. The monoisotopic (exact) mass is 220 g/mol. The summed E-state index contributed by atoms with van der Waals surface area (Å²) in [6.07, 6.45) is 3.59. The SMILES string of the molecule is C1CC1OCC1CO1.COC([SiH3])OC. The van der Waals surface area contributed by atoms with E-state index in [1.165, 1.54) is 12.8 Å². The van der Waals surface area contributed by atoms with Crippen LogP contribution in [0.4, 0.5) is 0 Å². The highest BCUT2D eigenvalue weighted by Gasteiger charge is 2.28. The summed E-state index contributed by atoms with van der Waals surface area (Å²) in [5.41, 5.74) is 0. The maximum absolute atomic E-state index is 5.35. The quantitative estimate of drug-likeness (QED) is 0.355. The molecule has 1 saturated carbocycles. The van der Waals surface area contributed by atoms with E-state index in [2.05, 4.69) is 0 Å². The van der Waals surface area contributed by atoms with Crippen LogP contribution in [0.1, 0.15) is 12.8 Å². The third kappa shape index (κ3) is 6.50. The molecule has 1 aliphatic heterocycles. The fourth-order valence-corrected chi connectivity index (χ4v) is 0.739. The maximum atomic E-state index is 5.35. The Morgan fingerprint density at radius 3 is 2.21 bits per heavy atom. The standard InChI is InChI=1S/C6H10O2.C3H10O2Si/c1-2-5(1)7-3-6-4-8-6;1-4-3(6)5-2/h5-6H,1-4H2;3H,1-2,6H3. The molecule has 0 spiro atoms. The Balaban J connectivity index is 0.000000149. The first-order valence-corrected chi connectivity index (χ1v) is 6.20. The predicted molar refractivity (Wildman–Crippen MR) is 56.5 cm³/mol. The summed E-state index contributed by atoms with van der Waals surface area (Å²) in [7, 11) is 4.23. The van der Waals surface area contributed by atoms with Crippen LogP contribution in [-0.4, -0.2) is 55.8 Å². The second kappa shape index (κ2) is 6.52. The van der Waals surface area contributed by atoms with Crippen LogP contribution in [0.15, 0.2) is 0 Å². The number of epoxide rings is 1. The Morgan fingerprint density at radius 2 is 1.93 bits per heavy atom. The molecule has 14 heavy (non-hydrogen) atoms. The van der Waals surface area contributed by atoms with Gasteiger partial charge in [-0.3, -0.25) is 0 Å². The van der Waals surface area contributed by atoms with E-state index in [0.717, 1.165) is 23.5 Å². The van der Waals surface area contributed by atoms with Gasteiger partial charge in [0.05, 0.1) is 29.6 Å². The van der Waals surface area contributed by atoms with Gasteiger partial charge in [-0.1, -0.05) is 0 Å². The van der Waals surface area contributed by atoms with Crippen molar-refractivity contribution in [3.8, 4) is 0 Å².